The smallest absolute Gasteiger partial charge is 0.253 e. The van der Waals surface area contributed by atoms with Crippen molar-refractivity contribution in [3.63, 3.8) is 0 Å². The number of ether oxygens (including phenoxy) is 3. The third-order valence-electron chi connectivity index (χ3n) is 3.64. The number of aromatic nitrogens is 2. The molecule has 1 fully saturated rings. The monoisotopic (exact) mass is 329 g/mol. The number of hydrogen-bond acceptors (Lipinski definition) is 6. The van der Waals surface area contributed by atoms with Gasteiger partial charge in [-0.25, -0.2) is 9.97 Å². The Balaban J connectivity index is 1.54. The highest BCUT2D eigenvalue weighted by atomic mass is 16.5. The van der Waals surface area contributed by atoms with Crippen LogP contribution in [0.5, 0.6) is 11.8 Å². The molecule has 1 aliphatic heterocycles. The molecule has 0 aliphatic carbocycles. The molecule has 7 nitrogen and oxygen atoms in total. The van der Waals surface area contributed by atoms with Gasteiger partial charge in [-0.3, -0.25) is 4.79 Å². The van der Waals surface area contributed by atoms with Crippen molar-refractivity contribution in [3.05, 3.63) is 47.8 Å². The van der Waals surface area contributed by atoms with E-state index >= 15 is 0 Å². The highest BCUT2D eigenvalue weighted by Crippen LogP contribution is 2.15. The van der Waals surface area contributed by atoms with Crippen LogP contribution in [0.25, 0.3) is 0 Å². The Morgan fingerprint density at radius 1 is 1.33 bits per heavy atom. The number of rotatable bonds is 6. The molecule has 1 N–H and O–H groups in total. The van der Waals surface area contributed by atoms with E-state index in [-0.39, 0.29) is 12.0 Å². The van der Waals surface area contributed by atoms with E-state index in [0.29, 0.717) is 37.1 Å². The molecule has 0 saturated carbocycles. The Morgan fingerprint density at radius 3 is 2.96 bits per heavy atom. The quantitative estimate of drug-likeness (QED) is 0.866. The van der Waals surface area contributed by atoms with Crippen molar-refractivity contribution in [2.24, 2.45) is 0 Å². The number of nitrogens with one attached hydrogen (secondary N) is 1. The zero-order valence-electron chi connectivity index (χ0n) is 13.4. The van der Waals surface area contributed by atoms with Crippen LogP contribution in [0.3, 0.4) is 0 Å². The lowest BCUT2D eigenvalue weighted by Crippen LogP contribution is -2.23. The van der Waals surface area contributed by atoms with Gasteiger partial charge in [0.25, 0.3) is 5.91 Å². The van der Waals surface area contributed by atoms with Gasteiger partial charge in [0.15, 0.2) is 0 Å². The minimum Gasteiger partial charge on any atom is -0.481 e. The summed E-state index contributed by atoms with van der Waals surface area (Å²) in [5.74, 6) is 0.816. The molecule has 2 aromatic rings. The Labute approximate surface area is 140 Å². The maximum atomic E-state index is 12.2. The van der Waals surface area contributed by atoms with Gasteiger partial charge in [0.2, 0.25) is 11.8 Å². The topological polar surface area (TPSA) is 82.6 Å². The molecule has 1 saturated heterocycles. The molecule has 126 valence electrons. The summed E-state index contributed by atoms with van der Waals surface area (Å²) in [6, 6.07) is 6.99. The zero-order chi connectivity index (χ0) is 16.8. The van der Waals surface area contributed by atoms with Crippen molar-refractivity contribution in [3.8, 4) is 11.8 Å². The molecular formula is C17H19N3O4. The molecule has 0 bridgehead atoms. The van der Waals surface area contributed by atoms with Crippen LogP contribution in [0.1, 0.15) is 22.3 Å². The highest BCUT2D eigenvalue weighted by Gasteiger charge is 2.17. The summed E-state index contributed by atoms with van der Waals surface area (Å²) in [6.07, 6.45) is 4.05. The van der Waals surface area contributed by atoms with Gasteiger partial charge in [-0.05, 0) is 17.7 Å². The second-order valence-corrected chi connectivity index (χ2v) is 5.38. The summed E-state index contributed by atoms with van der Waals surface area (Å²) in [7, 11) is 1.55. The lowest BCUT2D eigenvalue weighted by Gasteiger charge is -2.11. The standard InChI is InChI=1S/C17H19N3O4/c1-22-16-8-12(4-6-18-16)9-20-17(21)13-2-3-15(19-10-13)24-14-5-7-23-11-14/h2-4,6,8,10,14H,5,7,9,11H2,1H3,(H,20,21). The second-order valence-electron chi connectivity index (χ2n) is 5.38. The van der Waals surface area contributed by atoms with E-state index in [9.17, 15) is 4.79 Å². The summed E-state index contributed by atoms with van der Waals surface area (Å²) in [4.78, 5) is 20.4. The van der Waals surface area contributed by atoms with E-state index in [1.54, 1.807) is 31.5 Å². The average Bonchev–Trinajstić information content (AvgIpc) is 3.13. The van der Waals surface area contributed by atoms with Crippen LogP contribution in [0, 0.1) is 0 Å². The number of carbonyl (C=O) groups is 1. The lowest BCUT2D eigenvalue weighted by atomic mass is 10.2. The second kappa shape index (κ2) is 7.74. The number of hydrogen-bond donors (Lipinski definition) is 1. The molecule has 0 spiro atoms. The predicted molar refractivity (Wildman–Crippen MR) is 86.0 cm³/mol. The SMILES string of the molecule is COc1cc(CNC(=O)c2ccc(OC3CCOC3)nc2)ccn1. The van der Waals surface area contributed by atoms with Crippen LogP contribution in [0.15, 0.2) is 36.7 Å². The predicted octanol–water partition coefficient (Wildman–Crippen LogP) is 1.58. The Hall–Kier alpha value is -2.67. The fourth-order valence-electron chi connectivity index (χ4n) is 2.32. The van der Waals surface area contributed by atoms with Crippen LogP contribution in [0.4, 0.5) is 0 Å². The fourth-order valence-corrected chi connectivity index (χ4v) is 2.32. The first-order chi connectivity index (χ1) is 11.7. The van der Waals surface area contributed by atoms with Crippen molar-refractivity contribution in [2.75, 3.05) is 20.3 Å². The number of amides is 1. The van der Waals surface area contributed by atoms with Gasteiger partial charge in [-0.1, -0.05) is 0 Å². The van der Waals surface area contributed by atoms with Crippen LogP contribution >= 0.6 is 0 Å². The molecule has 1 aliphatic rings. The van der Waals surface area contributed by atoms with Crippen molar-refractivity contribution >= 4 is 5.91 Å². The van der Waals surface area contributed by atoms with E-state index in [1.807, 2.05) is 6.07 Å². The number of pyridine rings is 2. The molecule has 1 atom stereocenters. The largest absolute Gasteiger partial charge is 0.481 e. The molecular weight excluding hydrogens is 310 g/mol. The minimum atomic E-state index is -0.200. The van der Waals surface area contributed by atoms with Crippen LogP contribution in [0.2, 0.25) is 0 Å². The first-order valence-corrected chi connectivity index (χ1v) is 7.72. The Bertz CT molecular complexity index is 684. The molecule has 3 heterocycles. The van der Waals surface area contributed by atoms with Gasteiger partial charge < -0.3 is 19.5 Å². The van der Waals surface area contributed by atoms with Crippen LogP contribution < -0.4 is 14.8 Å². The third-order valence-corrected chi connectivity index (χ3v) is 3.64. The fraction of sp³-hybridized carbons (Fsp3) is 0.353. The first kappa shape index (κ1) is 16.2. The van der Waals surface area contributed by atoms with Crippen molar-refractivity contribution < 1.29 is 19.0 Å². The van der Waals surface area contributed by atoms with Gasteiger partial charge in [-0.2, -0.15) is 0 Å². The minimum absolute atomic E-state index is 0.0406. The van der Waals surface area contributed by atoms with E-state index in [2.05, 4.69) is 15.3 Å². The van der Waals surface area contributed by atoms with Gasteiger partial charge in [-0.15, -0.1) is 0 Å². The van der Waals surface area contributed by atoms with E-state index < -0.39 is 0 Å². The lowest BCUT2D eigenvalue weighted by molar-refractivity contribution is 0.0950. The summed E-state index contributed by atoms with van der Waals surface area (Å²) >= 11 is 0. The van der Waals surface area contributed by atoms with Crippen molar-refractivity contribution in [1.82, 2.24) is 15.3 Å². The molecule has 1 amide bonds. The molecule has 0 aromatic carbocycles. The number of nitrogens with zero attached hydrogens (tertiary/aromatic N) is 2. The van der Waals surface area contributed by atoms with Crippen LogP contribution in [-0.2, 0) is 11.3 Å². The summed E-state index contributed by atoms with van der Waals surface area (Å²) in [5.41, 5.74) is 1.38. The Kier molecular flexibility index (Phi) is 5.22. The van der Waals surface area contributed by atoms with Crippen LogP contribution in [-0.4, -0.2) is 42.3 Å². The van der Waals surface area contributed by atoms with Gasteiger partial charge >= 0.3 is 0 Å². The van der Waals surface area contributed by atoms with Crippen molar-refractivity contribution in [2.45, 2.75) is 19.1 Å². The summed E-state index contributed by atoms with van der Waals surface area (Å²) in [5, 5.41) is 2.84. The maximum Gasteiger partial charge on any atom is 0.253 e. The zero-order valence-corrected chi connectivity index (χ0v) is 13.4. The molecule has 3 rings (SSSR count). The third kappa shape index (κ3) is 4.20. The summed E-state index contributed by atoms with van der Waals surface area (Å²) in [6.45, 7) is 1.68. The van der Waals surface area contributed by atoms with Crippen molar-refractivity contribution in [1.29, 1.82) is 0 Å². The van der Waals surface area contributed by atoms with Gasteiger partial charge in [0, 0.05) is 37.5 Å². The molecule has 7 heteroatoms. The molecule has 2 aromatic heterocycles. The highest BCUT2D eigenvalue weighted by molar-refractivity contribution is 5.93. The number of methoxy groups -OCH3 is 1. The first-order valence-electron chi connectivity index (χ1n) is 7.72. The maximum absolute atomic E-state index is 12.2. The Morgan fingerprint density at radius 2 is 2.25 bits per heavy atom. The van der Waals surface area contributed by atoms with Gasteiger partial charge in [0.1, 0.15) is 6.10 Å². The molecule has 1 unspecified atom stereocenters. The van der Waals surface area contributed by atoms with E-state index in [1.165, 1.54) is 6.20 Å². The average molecular weight is 329 g/mol. The van der Waals surface area contributed by atoms with Gasteiger partial charge in [0.05, 0.1) is 25.9 Å². The normalized spacial score (nSPS) is 16.6. The molecule has 24 heavy (non-hydrogen) atoms. The number of carbonyl (C=O) groups excluding carboxylic acids is 1. The molecule has 0 radical (unpaired) electrons. The summed E-state index contributed by atoms with van der Waals surface area (Å²) < 4.78 is 16.0. The van der Waals surface area contributed by atoms with E-state index in [4.69, 9.17) is 14.2 Å². The van der Waals surface area contributed by atoms with E-state index in [0.717, 1.165) is 12.0 Å².